The Balaban J connectivity index is 1.92. The number of carbonyl (C=O) groups excluding carboxylic acids is 1. The minimum Gasteiger partial charge on any atom is -0.301 e. The monoisotopic (exact) mass is 304 g/mol. The van der Waals surface area contributed by atoms with Crippen LogP contribution in [0.1, 0.15) is 36.1 Å². The zero-order valence-electron chi connectivity index (χ0n) is 11.9. The summed E-state index contributed by atoms with van der Waals surface area (Å²) >= 11 is 1.45. The second kappa shape index (κ2) is 5.56. The van der Waals surface area contributed by atoms with Gasteiger partial charge >= 0.3 is 0 Å². The van der Waals surface area contributed by atoms with Gasteiger partial charge in [-0.1, -0.05) is 25.0 Å². The molecule has 0 radical (unpaired) electrons. The van der Waals surface area contributed by atoms with Crippen LogP contribution in [0.25, 0.3) is 0 Å². The highest BCUT2D eigenvalue weighted by atomic mass is 32.1. The minimum absolute atomic E-state index is 0.0695. The van der Waals surface area contributed by atoms with E-state index in [1.165, 1.54) is 23.5 Å². The first-order valence-corrected chi connectivity index (χ1v) is 7.92. The highest BCUT2D eigenvalue weighted by molar-refractivity contribution is 7.15. The van der Waals surface area contributed by atoms with Crippen molar-refractivity contribution >= 4 is 22.4 Å². The van der Waals surface area contributed by atoms with E-state index in [1.54, 1.807) is 12.3 Å². The predicted octanol–water partition coefficient (Wildman–Crippen LogP) is 4.04. The van der Waals surface area contributed by atoms with E-state index in [2.05, 4.69) is 10.3 Å². The quantitative estimate of drug-likeness (QED) is 0.930. The average Bonchev–Trinajstić information content (AvgIpc) is 3.09. The van der Waals surface area contributed by atoms with Gasteiger partial charge < -0.3 is 5.32 Å². The maximum atomic E-state index is 13.5. The Morgan fingerprint density at radius 2 is 2.14 bits per heavy atom. The number of hydrogen-bond acceptors (Lipinski definition) is 3. The number of amides is 1. The number of carbonyl (C=O) groups is 1. The molecule has 1 heterocycles. The van der Waals surface area contributed by atoms with Crippen molar-refractivity contribution in [2.75, 3.05) is 5.32 Å². The largest absolute Gasteiger partial charge is 0.301 e. The van der Waals surface area contributed by atoms with Crippen molar-refractivity contribution in [3.63, 3.8) is 0 Å². The minimum atomic E-state index is -0.623. The molecule has 1 aliphatic carbocycles. The van der Waals surface area contributed by atoms with E-state index in [9.17, 15) is 9.18 Å². The molecule has 0 saturated heterocycles. The molecule has 0 atom stereocenters. The number of benzene rings is 1. The molecule has 1 aromatic heterocycles. The standard InChI is InChI=1S/C16H17FN2OS/c1-11-10-18-15(21-11)19-14(20)16(7-2-3-8-16)12-5-4-6-13(17)9-12/h4-6,9-10H,2-3,7-8H2,1H3,(H,18,19,20). The zero-order chi connectivity index (χ0) is 14.9. The molecule has 2 aromatic rings. The summed E-state index contributed by atoms with van der Waals surface area (Å²) in [5.74, 6) is -0.364. The predicted molar refractivity (Wildman–Crippen MR) is 82.0 cm³/mol. The summed E-state index contributed by atoms with van der Waals surface area (Å²) in [4.78, 5) is 18.0. The van der Waals surface area contributed by atoms with E-state index in [0.29, 0.717) is 5.13 Å². The van der Waals surface area contributed by atoms with Gasteiger partial charge in [0.05, 0.1) is 5.41 Å². The second-order valence-electron chi connectivity index (χ2n) is 5.53. The molecule has 5 heteroatoms. The topological polar surface area (TPSA) is 42.0 Å². The fraction of sp³-hybridized carbons (Fsp3) is 0.375. The lowest BCUT2D eigenvalue weighted by Gasteiger charge is -2.27. The Bertz CT molecular complexity index is 662. The number of nitrogens with zero attached hydrogens (tertiary/aromatic N) is 1. The van der Waals surface area contributed by atoms with Crippen LogP contribution in [0.5, 0.6) is 0 Å². The number of thiazole rings is 1. The third kappa shape index (κ3) is 2.70. The Hall–Kier alpha value is -1.75. The number of aromatic nitrogens is 1. The Kier molecular flexibility index (Phi) is 3.76. The molecule has 3 nitrogen and oxygen atoms in total. The van der Waals surface area contributed by atoms with E-state index in [4.69, 9.17) is 0 Å². The van der Waals surface area contributed by atoms with Crippen molar-refractivity contribution in [2.45, 2.75) is 38.0 Å². The lowest BCUT2D eigenvalue weighted by molar-refractivity contribution is -0.121. The molecule has 1 fully saturated rings. The van der Waals surface area contributed by atoms with Crippen LogP contribution in [0.2, 0.25) is 0 Å². The fourth-order valence-corrected chi connectivity index (χ4v) is 3.70. The Morgan fingerprint density at radius 1 is 1.38 bits per heavy atom. The molecular formula is C16H17FN2OS. The van der Waals surface area contributed by atoms with E-state index < -0.39 is 5.41 Å². The summed E-state index contributed by atoms with van der Waals surface area (Å²) in [6, 6.07) is 6.42. The summed E-state index contributed by atoms with van der Waals surface area (Å²) < 4.78 is 13.5. The number of nitrogens with one attached hydrogen (secondary N) is 1. The second-order valence-corrected chi connectivity index (χ2v) is 6.76. The van der Waals surface area contributed by atoms with Crippen LogP contribution in [0.4, 0.5) is 9.52 Å². The number of hydrogen-bond donors (Lipinski definition) is 1. The van der Waals surface area contributed by atoms with Gasteiger partial charge in [0.25, 0.3) is 0 Å². The van der Waals surface area contributed by atoms with Gasteiger partial charge in [-0.15, -0.1) is 11.3 Å². The van der Waals surface area contributed by atoms with Gasteiger partial charge in [-0.25, -0.2) is 9.37 Å². The van der Waals surface area contributed by atoms with Crippen LogP contribution in [0.15, 0.2) is 30.5 Å². The number of halogens is 1. The van der Waals surface area contributed by atoms with Gasteiger partial charge in [0.2, 0.25) is 5.91 Å². The maximum absolute atomic E-state index is 13.5. The summed E-state index contributed by atoms with van der Waals surface area (Å²) in [6.07, 6.45) is 5.23. The van der Waals surface area contributed by atoms with Crippen LogP contribution >= 0.6 is 11.3 Å². The summed E-state index contributed by atoms with van der Waals surface area (Å²) in [5, 5.41) is 3.52. The molecule has 0 spiro atoms. The number of anilines is 1. The zero-order valence-corrected chi connectivity index (χ0v) is 12.7. The first-order valence-electron chi connectivity index (χ1n) is 7.10. The van der Waals surface area contributed by atoms with Gasteiger partial charge in [-0.2, -0.15) is 0 Å². The van der Waals surface area contributed by atoms with Gasteiger partial charge in [-0.3, -0.25) is 4.79 Å². The van der Waals surface area contributed by atoms with Gasteiger partial charge in [0.15, 0.2) is 5.13 Å². The van der Waals surface area contributed by atoms with Crippen molar-refractivity contribution in [2.24, 2.45) is 0 Å². The molecule has 1 aromatic carbocycles. The fourth-order valence-electron chi connectivity index (χ4n) is 3.04. The molecule has 21 heavy (non-hydrogen) atoms. The first-order chi connectivity index (χ1) is 10.1. The van der Waals surface area contributed by atoms with Gasteiger partial charge in [0, 0.05) is 11.1 Å². The summed E-state index contributed by atoms with van der Waals surface area (Å²) in [5.41, 5.74) is 0.146. The summed E-state index contributed by atoms with van der Waals surface area (Å²) in [7, 11) is 0. The lowest BCUT2D eigenvalue weighted by Crippen LogP contribution is -2.38. The van der Waals surface area contributed by atoms with Gasteiger partial charge in [-0.05, 0) is 37.5 Å². The van der Waals surface area contributed by atoms with Crippen LogP contribution in [0, 0.1) is 12.7 Å². The number of rotatable bonds is 3. The van der Waals surface area contributed by atoms with Crippen molar-refractivity contribution in [3.8, 4) is 0 Å². The van der Waals surface area contributed by atoms with Crippen LogP contribution in [0.3, 0.4) is 0 Å². The SMILES string of the molecule is Cc1cnc(NC(=O)C2(c3cccc(F)c3)CCCC2)s1. The Labute approximate surface area is 127 Å². The molecule has 0 unspecified atom stereocenters. The number of aryl methyl sites for hydroxylation is 1. The van der Waals surface area contributed by atoms with E-state index in [1.807, 2.05) is 13.0 Å². The van der Waals surface area contributed by atoms with Crippen molar-refractivity contribution < 1.29 is 9.18 Å². The molecule has 3 rings (SSSR count). The van der Waals surface area contributed by atoms with Crippen molar-refractivity contribution in [3.05, 3.63) is 46.7 Å². The van der Waals surface area contributed by atoms with Gasteiger partial charge in [0.1, 0.15) is 5.82 Å². The maximum Gasteiger partial charge on any atom is 0.236 e. The smallest absolute Gasteiger partial charge is 0.236 e. The summed E-state index contributed by atoms with van der Waals surface area (Å²) in [6.45, 7) is 1.95. The molecule has 0 aliphatic heterocycles. The molecule has 1 aliphatic rings. The van der Waals surface area contributed by atoms with E-state index in [0.717, 1.165) is 36.1 Å². The molecule has 0 bridgehead atoms. The normalized spacial score (nSPS) is 16.9. The molecule has 110 valence electrons. The highest BCUT2D eigenvalue weighted by Crippen LogP contribution is 2.42. The Morgan fingerprint density at radius 3 is 2.76 bits per heavy atom. The highest BCUT2D eigenvalue weighted by Gasteiger charge is 2.43. The van der Waals surface area contributed by atoms with Crippen molar-refractivity contribution in [1.82, 2.24) is 4.98 Å². The van der Waals surface area contributed by atoms with Crippen LogP contribution in [-0.4, -0.2) is 10.9 Å². The van der Waals surface area contributed by atoms with Crippen molar-refractivity contribution in [1.29, 1.82) is 0 Å². The van der Waals surface area contributed by atoms with E-state index >= 15 is 0 Å². The molecular weight excluding hydrogens is 287 g/mol. The molecule has 1 N–H and O–H groups in total. The third-order valence-electron chi connectivity index (χ3n) is 4.11. The van der Waals surface area contributed by atoms with Crippen LogP contribution < -0.4 is 5.32 Å². The molecule has 1 amide bonds. The lowest BCUT2D eigenvalue weighted by atomic mass is 9.78. The van der Waals surface area contributed by atoms with Crippen LogP contribution in [-0.2, 0) is 10.2 Å². The first kappa shape index (κ1) is 14.2. The average molecular weight is 304 g/mol. The molecule has 1 saturated carbocycles. The van der Waals surface area contributed by atoms with E-state index in [-0.39, 0.29) is 11.7 Å². The third-order valence-corrected chi connectivity index (χ3v) is 4.94.